The van der Waals surface area contributed by atoms with E-state index in [-0.39, 0.29) is 0 Å². The molecule has 0 saturated carbocycles. The van der Waals surface area contributed by atoms with Crippen LogP contribution in [0.25, 0.3) is 33.8 Å². The number of aryl methyl sites for hydroxylation is 3. The summed E-state index contributed by atoms with van der Waals surface area (Å²) in [4.78, 5) is 13.4. The van der Waals surface area contributed by atoms with Crippen molar-refractivity contribution in [3.63, 3.8) is 0 Å². The Bertz CT molecular complexity index is 863. The van der Waals surface area contributed by atoms with E-state index in [1.807, 2.05) is 72.4 Å². The molecule has 0 atom stereocenters. The summed E-state index contributed by atoms with van der Waals surface area (Å²) >= 11 is 0. The van der Waals surface area contributed by atoms with Gasteiger partial charge in [-0.05, 0) is 18.2 Å². The molecule has 3 heterocycles. The van der Waals surface area contributed by atoms with Gasteiger partial charge in [-0.1, -0.05) is 0 Å². The third kappa shape index (κ3) is 2.62. The van der Waals surface area contributed by atoms with Crippen LogP contribution in [0.4, 0.5) is 0 Å². The van der Waals surface area contributed by atoms with E-state index in [1.165, 1.54) is 0 Å². The number of aromatic nitrogens is 6. The SMILES string of the molecule is Cn1cnc(-c2cc(-c3cn(C)cn3)cc(-c3cn(C)cn3)c2)c1. The first-order valence-electron chi connectivity index (χ1n) is 7.68. The molecule has 120 valence electrons. The number of hydrogen-bond acceptors (Lipinski definition) is 3. The number of rotatable bonds is 3. The van der Waals surface area contributed by atoms with Gasteiger partial charge in [0.15, 0.2) is 0 Å². The lowest BCUT2D eigenvalue weighted by Crippen LogP contribution is -1.87. The second-order valence-electron chi connectivity index (χ2n) is 6.07. The molecule has 4 aromatic rings. The summed E-state index contributed by atoms with van der Waals surface area (Å²) in [6.45, 7) is 0. The number of nitrogens with zero attached hydrogens (tertiary/aromatic N) is 6. The summed E-state index contributed by atoms with van der Waals surface area (Å²) in [7, 11) is 5.91. The third-order valence-corrected chi connectivity index (χ3v) is 3.93. The van der Waals surface area contributed by atoms with Gasteiger partial charge in [0.25, 0.3) is 0 Å². The highest BCUT2D eigenvalue weighted by atomic mass is 15.0. The first-order valence-corrected chi connectivity index (χ1v) is 7.68. The normalized spacial score (nSPS) is 11.1. The van der Waals surface area contributed by atoms with E-state index in [4.69, 9.17) is 0 Å². The summed E-state index contributed by atoms with van der Waals surface area (Å²) in [6.07, 6.45) is 11.5. The standard InChI is InChI=1S/C18H18N6/c1-22-7-16(19-10-22)13-4-14(17-8-23(2)11-20-17)6-15(5-13)18-9-24(3)12-21-18/h4-12H,1-3H3. The van der Waals surface area contributed by atoms with Gasteiger partial charge in [0.2, 0.25) is 0 Å². The van der Waals surface area contributed by atoms with Gasteiger partial charge in [0.1, 0.15) is 0 Å². The molecule has 0 saturated heterocycles. The molecule has 0 spiro atoms. The molecule has 0 aliphatic carbocycles. The Morgan fingerprint density at radius 1 is 0.542 bits per heavy atom. The van der Waals surface area contributed by atoms with E-state index in [2.05, 4.69) is 33.2 Å². The van der Waals surface area contributed by atoms with Crippen LogP contribution in [0.5, 0.6) is 0 Å². The molecule has 4 rings (SSSR count). The van der Waals surface area contributed by atoms with Gasteiger partial charge in [-0.3, -0.25) is 0 Å². The van der Waals surface area contributed by atoms with Gasteiger partial charge in [-0.2, -0.15) is 0 Å². The van der Waals surface area contributed by atoms with Crippen molar-refractivity contribution in [3.8, 4) is 33.8 Å². The molecule has 0 amide bonds. The van der Waals surface area contributed by atoms with Crippen molar-refractivity contribution in [1.29, 1.82) is 0 Å². The van der Waals surface area contributed by atoms with Crippen LogP contribution in [0.1, 0.15) is 0 Å². The maximum absolute atomic E-state index is 4.48. The largest absolute Gasteiger partial charge is 0.340 e. The van der Waals surface area contributed by atoms with Gasteiger partial charge in [-0.25, -0.2) is 15.0 Å². The summed E-state index contributed by atoms with van der Waals surface area (Å²) in [5, 5.41) is 0. The van der Waals surface area contributed by atoms with Crippen LogP contribution >= 0.6 is 0 Å². The molecule has 24 heavy (non-hydrogen) atoms. The van der Waals surface area contributed by atoms with Crippen molar-refractivity contribution in [2.24, 2.45) is 21.1 Å². The molecule has 0 radical (unpaired) electrons. The van der Waals surface area contributed by atoms with Crippen LogP contribution in [-0.4, -0.2) is 28.7 Å². The fourth-order valence-electron chi connectivity index (χ4n) is 2.76. The summed E-state index contributed by atoms with van der Waals surface area (Å²) in [5.41, 5.74) is 5.98. The van der Waals surface area contributed by atoms with Crippen molar-refractivity contribution >= 4 is 0 Å². The first kappa shape index (κ1) is 14.4. The lowest BCUT2D eigenvalue weighted by Gasteiger charge is -2.06. The molecule has 6 heteroatoms. The summed E-state index contributed by atoms with van der Waals surface area (Å²) in [6, 6.07) is 6.37. The van der Waals surface area contributed by atoms with E-state index >= 15 is 0 Å². The molecule has 1 aromatic carbocycles. The second kappa shape index (κ2) is 5.49. The fourth-order valence-corrected chi connectivity index (χ4v) is 2.76. The molecular weight excluding hydrogens is 300 g/mol. The van der Waals surface area contributed by atoms with Crippen molar-refractivity contribution in [1.82, 2.24) is 28.7 Å². The highest BCUT2D eigenvalue weighted by molar-refractivity contribution is 5.77. The van der Waals surface area contributed by atoms with Gasteiger partial charge in [0, 0.05) is 56.4 Å². The number of hydrogen-bond donors (Lipinski definition) is 0. The summed E-state index contributed by atoms with van der Waals surface area (Å²) < 4.78 is 5.84. The molecule has 0 aliphatic rings. The highest BCUT2D eigenvalue weighted by Crippen LogP contribution is 2.30. The van der Waals surface area contributed by atoms with Crippen molar-refractivity contribution in [2.75, 3.05) is 0 Å². The van der Waals surface area contributed by atoms with Crippen LogP contribution in [0, 0.1) is 0 Å². The van der Waals surface area contributed by atoms with E-state index in [0.29, 0.717) is 0 Å². The predicted molar refractivity (Wildman–Crippen MR) is 93.0 cm³/mol. The minimum Gasteiger partial charge on any atom is -0.340 e. The maximum atomic E-state index is 4.48. The average Bonchev–Trinajstić information content (AvgIpc) is 3.28. The Morgan fingerprint density at radius 2 is 0.833 bits per heavy atom. The minimum atomic E-state index is 0.937. The maximum Gasteiger partial charge on any atom is 0.0951 e. The topological polar surface area (TPSA) is 53.5 Å². The Balaban J connectivity index is 1.90. The lowest BCUT2D eigenvalue weighted by atomic mass is 10.0. The lowest BCUT2D eigenvalue weighted by molar-refractivity contribution is 0.913. The van der Waals surface area contributed by atoms with E-state index < -0.39 is 0 Å². The van der Waals surface area contributed by atoms with Gasteiger partial charge < -0.3 is 13.7 Å². The first-order chi connectivity index (χ1) is 11.6. The van der Waals surface area contributed by atoms with Crippen molar-refractivity contribution in [2.45, 2.75) is 0 Å². The zero-order valence-corrected chi connectivity index (χ0v) is 13.9. The smallest absolute Gasteiger partial charge is 0.0951 e. The molecule has 0 N–H and O–H groups in total. The van der Waals surface area contributed by atoms with E-state index in [9.17, 15) is 0 Å². The van der Waals surface area contributed by atoms with Gasteiger partial charge in [0.05, 0.1) is 36.1 Å². The Morgan fingerprint density at radius 3 is 1.04 bits per heavy atom. The third-order valence-electron chi connectivity index (χ3n) is 3.93. The second-order valence-corrected chi connectivity index (χ2v) is 6.07. The number of imidazole rings is 3. The Hall–Kier alpha value is -3.15. The molecule has 0 fully saturated rings. The fraction of sp³-hybridized carbons (Fsp3) is 0.167. The van der Waals surface area contributed by atoms with Gasteiger partial charge in [-0.15, -0.1) is 0 Å². The van der Waals surface area contributed by atoms with Crippen LogP contribution in [-0.2, 0) is 21.1 Å². The predicted octanol–water partition coefficient (Wildman–Crippen LogP) is 2.89. The zero-order chi connectivity index (χ0) is 16.7. The van der Waals surface area contributed by atoms with Crippen LogP contribution in [0.2, 0.25) is 0 Å². The molecular formula is C18H18N6. The van der Waals surface area contributed by atoms with Crippen molar-refractivity contribution < 1.29 is 0 Å². The Kier molecular flexibility index (Phi) is 3.30. The molecule has 3 aromatic heterocycles. The van der Waals surface area contributed by atoms with Crippen molar-refractivity contribution in [3.05, 3.63) is 55.8 Å². The molecule has 6 nitrogen and oxygen atoms in total. The summed E-state index contributed by atoms with van der Waals surface area (Å²) in [5.74, 6) is 0. The quantitative estimate of drug-likeness (QED) is 0.583. The molecule has 0 unspecified atom stereocenters. The van der Waals surface area contributed by atoms with E-state index in [0.717, 1.165) is 33.8 Å². The average molecular weight is 318 g/mol. The zero-order valence-electron chi connectivity index (χ0n) is 13.9. The minimum absolute atomic E-state index is 0.937. The highest BCUT2D eigenvalue weighted by Gasteiger charge is 2.11. The monoisotopic (exact) mass is 318 g/mol. The van der Waals surface area contributed by atoms with Crippen LogP contribution in [0.3, 0.4) is 0 Å². The molecule has 0 bridgehead atoms. The number of benzene rings is 1. The van der Waals surface area contributed by atoms with Crippen LogP contribution < -0.4 is 0 Å². The Labute approximate surface area is 140 Å². The van der Waals surface area contributed by atoms with Gasteiger partial charge >= 0.3 is 0 Å². The van der Waals surface area contributed by atoms with E-state index in [1.54, 1.807) is 0 Å². The van der Waals surface area contributed by atoms with Crippen LogP contribution in [0.15, 0.2) is 55.8 Å². The molecule has 0 aliphatic heterocycles.